The Balaban J connectivity index is 2.00. The molecule has 1 unspecified atom stereocenters. The molecule has 0 radical (unpaired) electrons. The SMILES string of the molecule is CCCOc1ccc(/C=C/C(=O)OC(C)C(=O)Nc2ccccc2[N+](=O)[O-])cc1OCC. The number of para-hydroxylation sites is 2. The van der Waals surface area contributed by atoms with E-state index in [1.165, 1.54) is 37.3 Å². The molecule has 32 heavy (non-hydrogen) atoms. The fourth-order valence-electron chi connectivity index (χ4n) is 2.63. The molecule has 0 saturated heterocycles. The number of carbonyl (C=O) groups is 2. The van der Waals surface area contributed by atoms with Crippen molar-refractivity contribution in [2.24, 2.45) is 0 Å². The third kappa shape index (κ3) is 7.12. The van der Waals surface area contributed by atoms with E-state index in [-0.39, 0.29) is 11.4 Å². The summed E-state index contributed by atoms with van der Waals surface area (Å²) < 4.78 is 16.3. The largest absolute Gasteiger partial charge is 0.490 e. The van der Waals surface area contributed by atoms with Crippen molar-refractivity contribution in [2.45, 2.75) is 33.3 Å². The molecule has 1 N–H and O–H groups in total. The maximum atomic E-state index is 12.3. The zero-order chi connectivity index (χ0) is 23.5. The van der Waals surface area contributed by atoms with E-state index in [0.29, 0.717) is 30.3 Å². The lowest BCUT2D eigenvalue weighted by Crippen LogP contribution is -2.29. The number of nitrogens with zero attached hydrogens (tertiary/aromatic N) is 1. The zero-order valence-electron chi connectivity index (χ0n) is 18.2. The number of benzene rings is 2. The van der Waals surface area contributed by atoms with E-state index in [1.54, 1.807) is 24.3 Å². The average Bonchev–Trinajstić information content (AvgIpc) is 2.77. The Bertz CT molecular complexity index is 988. The maximum Gasteiger partial charge on any atom is 0.331 e. The van der Waals surface area contributed by atoms with E-state index in [1.807, 2.05) is 13.8 Å². The second kappa shape index (κ2) is 12.1. The summed E-state index contributed by atoms with van der Waals surface area (Å²) in [4.78, 5) is 34.8. The minimum Gasteiger partial charge on any atom is -0.490 e. The molecule has 0 heterocycles. The van der Waals surface area contributed by atoms with Crippen LogP contribution in [0.3, 0.4) is 0 Å². The quantitative estimate of drug-likeness (QED) is 0.238. The highest BCUT2D eigenvalue weighted by atomic mass is 16.6. The van der Waals surface area contributed by atoms with Crippen LogP contribution in [0, 0.1) is 10.1 Å². The lowest BCUT2D eigenvalue weighted by Gasteiger charge is -2.13. The summed E-state index contributed by atoms with van der Waals surface area (Å²) in [5, 5.41) is 13.5. The standard InChI is InChI=1S/C23H26N2O7/c1-4-14-31-20-12-10-17(15-21(20)30-5-2)11-13-22(26)32-16(3)23(27)24-18-8-6-7-9-19(18)25(28)29/h6-13,15-16H,4-5,14H2,1-3H3,(H,24,27)/b13-11+. The average molecular weight is 442 g/mol. The van der Waals surface area contributed by atoms with E-state index in [9.17, 15) is 19.7 Å². The molecule has 0 fully saturated rings. The lowest BCUT2D eigenvalue weighted by molar-refractivity contribution is -0.383. The second-order valence-corrected chi connectivity index (χ2v) is 6.66. The normalized spacial score (nSPS) is 11.6. The first-order valence-corrected chi connectivity index (χ1v) is 10.2. The van der Waals surface area contributed by atoms with Gasteiger partial charge >= 0.3 is 5.97 Å². The zero-order valence-corrected chi connectivity index (χ0v) is 18.2. The minimum absolute atomic E-state index is 0.0229. The van der Waals surface area contributed by atoms with Crippen molar-refractivity contribution in [1.29, 1.82) is 0 Å². The predicted molar refractivity (Wildman–Crippen MR) is 120 cm³/mol. The van der Waals surface area contributed by atoms with E-state index in [0.717, 1.165) is 6.42 Å². The summed E-state index contributed by atoms with van der Waals surface area (Å²) in [6.45, 7) is 6.27. The molecule has 9 heteroatoms. The summed E-state index contributed by atoms with van der Waals surface area (Å²) in [5.41, 5.74) is 0.455. The highest BCUT2D eigenvalue weighted by Gasteiger charge is 2.20. The van der Waals surface area contributed by atoms with Gasteiger partial charge in [0, 0.05) is 12.1 Å². The van der Waals surface area contributed by atoms with Crippen LogP contribution in [0.2, 0.25) is 0 Å². The Labute approximate surface area is 186 Å². The van der Waals surface area contributed by atoms with Crippen LogP contribution in [-0.4, -0.2) is 36.1 Å². The van der Waals surface area contributed by atoms with Crippen molar-refractivity contribution in [3.63, 3.8) is 0 Å². The number of amides is 1. The van der Waals surface area contributed by atoms with Crippen molar-refractivity contribution in [3.8, 4) is 11.5 Å². The summed E-state index contributed by atoms with van der Waals surface area (Å²) in [6.07, 6.45) is 2.42. The Morgan fingerprint density at radius 1 is 1.12 bits per heavy atom. The Morgan fingerprint density at radius 2 is 1.88 bits per heavy atom. The molecule has 9 nitrogen and oxygen atoms in total. The first-order chi connectivity index (χ1) is 15.3. The molecule has 1 amide bonds. The van der Waals surface area contributed by atoms with Crippen molar-refractivity contribution < 1.29 is 28.7 Å². The van der Waals surface area contributed by atoms with Crippen LogP contribution < -0.4 is 14.8 Å². The van der Waals surface area contributed by atoms with Crippen LogP contribution in [0.4, 0.5) is 11.4 Å². The molecule has 2 rings (SSSR count). The van der Waals surface area contributed by atoms with Gasteiger partial charge in [0.05, 0.1) is 18.1 Å². The topological polar surface area (TPSA) is 117 Å². The number of esters is 1. The van der Waals surface area contributed by atoms with Gasteiger partial charge in [-0.15, -0.1) is 0 Å². The van der Waals surface area contributed by atoms with Gasteiger partial charge in [0.25, 0.3) is 11.6 Å². The molecule has 0 saturated carbocycles. The predicted octanol–water partition coefficient (Wildman–Crippen LogP) is 4.37. The molecule has 2 aromatic rings. The summed E-state index contributed by atoms with van der Waals surface area (Å²) in [5.74, 6) is -0.237. The molecule has 0 aliphatic carbocycles. The van der Waals surface area contributed by atoms with Gasteiger partial charge in [-0.25, -0.2) is 4.79 Å². The smallest absolute Gasteiger partial charge is 0.331 e. The lowest BCUT2D eigenvalue weighted by atomic mass is 10.2. The van der Waals surface area contributed by atoms with Gasteiger partial charge in [-0.1, -0.05) is 25.1 Å². The highest BCUT2D eigenvalue weighted by molar-refractivity contribution is 5.98. The molecule has 0 aliphatic heterocycles. The monoisotopic (exact) mass is 442 g/mol. The highest BCUT2D eigenvalue weighted by Crippen LogP contribution is 2.29. The van der Waals surface area contributed by atoms with Gasteiger partial charge < -0.3 is 19.5 Å². The first-order valence-electron chi connectivity index (χ1n) is 10.2. The van der Waals surface area contributed by atoms with Crippen molar-refractivity contribution in [3.05, 3.63) is 64.2 Å². The molecule has 1 atom stereocenters. The fraction of sp³-hybridized carbons (Fsp3) is 0.304. The second-order valence-electron chi connectivity index (χ2n) is 6.66. The number of hydrogen-bond acceptors (Lipinski definition) is 7. The number of nitrogens with one attached hydrogen (secondary N) is 1. The van der Waals surface area contributed by atoms with Crippen molar-refractivity contribution in [1.82, 2.24) is 0 Å². The molecule has 0 aromatic heterocycles. The van der Waals surface area contributed by atoms with Gasteiger partial charge in [0.1, 0.15) is 5.69 Å². The van der Waals surface area contributed by atoms with Crippen molar-refractivity contribution in [2.75, 3.05) is 18.5 Å². The van der Waals surface area contributed by atoms with Gasteiger partial charge in [-0.3, -0.25) is 14.9 Å². The van der Waals surface area contributed by atoms with Crippen molar-refractivity contribution >= 4 is 29.3 Å². The van der Waals surface area contributed by atoms with Crippen LogP contribution >= 0.6 is 0 Å². The first kappa shape index (κ1) is 24.4. The van der Waals surface area contributed by atoms with E-state index >= 15 is 0 Å². The third-order valence-corrected chi connectivity index (χ3v) is 4.16. The molecule has 0 bridgehead atoms. The van der Waals surface area contributed by atoms with E-state index in [4.69, 9.17) is 14.2 Å². The number of anilines is 1. The maximum absolute atomic E-state index is 12.3. The molecular formula is C23H26N2O7. The van der Waals surface area contributed by atoms with Crippen LogP contribution in [0.15, 0.2) is 48.5 Å². The summed E-state index contributed by atoms with van der Waals surface area (Å²) >= 11 is 0. The number of carbonyl (C=O) groups excluding carboxylic acids is 2. The molecule has 0 spiro atoms. The fourth-order valence-corrected chi connectivity index (χ4v) is 2.63. The Kier molecular flexibility index (Phi) is 9.22. The number of ether oxygens (including phenoxy) is 3. The Hall–Kier alpha value is -3.88. The van der Waals surface area contributed by atoms with Gasteiger partial charge in [0.2, 0.25) is 0 Å². The summed E-state index contributed by atoms with van der Waals surface area (Å²) in [6, 6.07) is 11.0. The number of rotatable bonds is 11. The molecule has 2 aromatic carbocycles. The number of hydrogen-bond donors (Lipinski definition) is 1. The number of nitro groups is 1. The van der Waals surface area contributed by atoms with Gasteiger partial charge in [0.15, 0.2) is 17.6 Å². The van der Waals surface area contributed by atoms with Gasteiger partial charge in [-0.05, 0) is 50.1 Å². The van der Waals surface area contributed by atoms with Crippen LogP contribution in [0.25, 0.3) is 6.08 Å². The van der Waals surface area contributed by atoms with E-state index in [2.05, 4.69) is 5.32 Å². The third-order valence-electron chi connectivity index (χ3n) is 4.16. The van der Waals surface area contributed by atoms with Crippen LogP contribution in [-0.2, 0) is 14.3 Å². The minimum atomic E-state index is -1.16. The number of nitro benzene ring substituents is 1. The molecular weight excluding hydrogens is 416 g/mol. The molecule has 170 valence electrons. The molecule has 0 aliphatic rings. The van der Waals surface area contributed by atoms with Crippen LogP contribution in [0.1, 0.15) is 32.8 Å². The summed E-state index contributed by atoms with van der Waals surface area (Å²) in [7, 11) is 0. The van der Waals surface area contributed by atoms with Crippen LogP contribution in [0.5, 0.6) is 11.5 Å². The Morgan fingerprint density at radius 3 is 2.56 bits per heavy atom. The van der Waals surface area contributed by atoms with E-state index < -0.39 is 22.9 Å². The van der Waals surface area contributed by atoms with Gasteiger partial charge in [-0.2, -0.15) is 0 Å².